The van der Waals surface area contributed by atoms with Crippen molar-refractivity contribution < 1.29 is 4.42 Å². The average molecular weight is 682 g/mol. The molecule has 3 heteroatoms. The molecule has 2 nitrogen and oxygen atoms in total. The van der Waals surface area contributed by atoms with Crippen LogP contribution >= 0.6 is 11.8 Å². The first-order valence-corrected chi connectivity index (χ1v) is 18.6. The summed E-state index contributed by atoms with van der Waals surface area (Å²) in [5.74, 6) is 0. The molecule has 2 aliphatic rings. The van der Waals surface area contributed by atoms with Crippen molar-refractivity contribution in [2.75, 3.05) is 4.90 Å². The summed E-state index contributed by atoms with van der Waals surface area (Å²) in [5, 5.41) is 2.28. The number of furan rings is 1. The molecule has 0 N–H and O–H groups in total. The van der Waals surface area contributed by atoms with E-state index in [0.717, 1.165) is 33.3 Å². The van der Waals surface area contributed by atoms with Gasteiger partial charge < -0.3 is 9.32 Å². The highest BCUT2D eigenvalue weighted by molar-refractivity contribution is 7.99. The maximum Gasteiger partial charge on any atom is 0.135 e. The van der Waals surface area contributed by atoms with Gasteiger partial charge in [0.1, 0.15) is 11.2 Å². The predicted molar refractivity (Wildman–Crippen MR) is 215 cm³/mol. The maximum atomic E-state index is 6.12. The van der Waals surface area contributed by atoms with Crippen molar-refractivity contribution in [3.63, 3.8) is 0 Å². The zero-order chi connectivity index (χ0) is 34.2. The molecule has 1 aliphatic heterocycles. The molecular formula is C49H31NOS. The molecule has 0 saturated carbocycles. The highest BCUT2D eigenvalue weighted by Crippen LogP contribution is 2.63. The van der Waals surface area contributed by atoms with Crippen molar-refractivity contribution in [1.29, 1.82) is 0 Å². The molecule has 244 valence electrons. The van der Waals surface area contributed by atoms with Crippen LogP contribution in [-0.2, 0) is 5.41 Å². The molecule has 2 heterocycles. The Balaban J connectivity index is 1.10. The standard InChI is InChI=1S/C49H31NOS/c1-2-13-34(14-3-1)50(35-28-25-32(26-29-35)33-27-30-46-39(31-33)38-17-6-10-23-45(38)51-46)44-22-12-21-43-48(44)52-47-24-11-9-20-42(47)49(43)40-18-7-4-15-36(40)37-16-5-8-19-41(37)49/h1-31H. The summed E-state index contributed by atoms with van der Waals surface area (Å²) < 4.78 is 6.12. The lowest BCUT2D eigenvalue weighted by atomic mass is 9.67. The lowest BCUT2D eigenvalue weighted by Crippen LogP contribution is -2.32. The van der Waals surface area contributed by atoms with Crippen LogP contribution in [0.25, 0.3) is 44.2 Å². The van der Waals surface area contributed by atoms with E-state index in [9.17, 15) is 0 Å². The van der Waals surface area contributed by atoms with Gasteiger partial charge in [0.15, 0.2) is 0 Å². The van der Waals surface area contributed by atoms with E-state index < -0.39 is 5.41 Å². The Morgan fingerprint density at radius 2 is 1.02 bits per heavy atom. The predicted octanol–water partition coefficient (Wildman–Crippen LogP) is 13.6. The fourth-order valence-corrected chi connectivity index (χ4v) is 10.0. The van der Waals surface area contributed by atoms with Crippen molar-refractivity contribution >= 4 is 50.8 Å². The van der Waals surface area contributed by atoms with Crippen LogP contribution in [0, 0.1) is 0 Å². The Morgan fingerprint density at radius 1 is 0.423 bits per heavy atom. The summed E-state index contributed by atoms with van der Waals surface area (Å²) in [4.78, 5) is 4.99. The first-order chi connectivity index (χ1) is 25.8. The molecule has 0 unspecified atom stereocenters. The van der Waals surface area contributed by atoms with Crippen molar-refractivity contribution in [2.45, 2.75) is 15.2 Å². The van der Waals surface area contributed by atoms with Gasteiger partial charge in [-0.15, -0.1) is 0 Å². The number of anilines is 3. The number of hydrogen-bond acceptors (Lipinski definition) is 3. The number of rotatable bonds is 4. The highest BCUT2D eigenvalue weighted by Gasteiger charge is 2.50. The third-order valence-electron chi connectivity index (χ3n) is 10.9. The number of fused-ring (bicyclic) bond motifs is 12. The second kappa shape index (κ2) is 11.4. The molecule has 1 aromatic heterocycles. The zero-order valence-electron chi connectivity index (χ0n) is 28.2. The Hall–Kier alpha value is -6.29. The van der Waals surface area contributed by atoms with E-state index in [2.05, 4.69) is 181 Å². The van der Waals surface area contributed by atoms with Crippen molar-refractivity contribution in [1.82, 2.24) is 0 Å². The quantitative estimate of drug-likeness (QED) is 0.184. The van der Waals surface area contributed by atoms with Crippen LogP contribution in [0.3, 0.4) is 0 Å². The van der Waals surface area contributed by atoms with Crippen LogP contribution in [0.5, 0.6) is 0 Å². The van der Waals surface area contributed by atoms with Gasteiger partial charge in [0.05, 0.1) is 11.1 Å². The molecule has 0 bridgehead atoms. The molecule has 8 aromatic carbocycles. The Labute approximate surface area is 306 Å². The van der Waals surface area contributed by atoms with E-state index in [0.29, 0.717) is 0 Å². The number of hydrogen-bond donors (Lipinski definition) is 0. The largest absolute Gasteiger partial charge is 0.456 e. The first-order valence-electron chi connectivity index (χ1n) is 17.8. The van der Waals surface area contributed by atoms with Crippen LogP contribution in [0.2, 0.25) is 0 Å². The molecule has 0 atom stereocenters. The van der Waals surface area contributed by atoms with Gasteiger partial charge in [-0.2, -0.15) is 0 Å². The van der Waals surface area contributed by atoms with Gasteiger partial charge in [0, 0.05) is 31.9 Å². The summed E-state index contributed by atoms with van der Waals surface area (Å²) in [6.45, 7) is 0. The molecule has 0 amide bonds. The van der Waals surface area contributed by atoms with E-state index >= 15 is 0 Å². The van der Waals surface area contributed by atoms with Crippen molar-refractivity contribution in [2.24, 2.45) is 0 Å². The summed E-state index contributed by atoms with van der Waals surface area (Å²) in [5.41, 5.74) is 15.1. The average Bonchev–Trinajstić information content (AvgIpc) is 3.73. The lowest BCUT2D eigenvalue weighted by molar-refractivity contribution is 0.669. The summed E-state index contributed by atoms with van der Waals surface area (Å²) in [6, 6.07) is 68.5. The minimum absolute atomic E-state index is 0.428. The SMILES string of the molecule is c1ccc(N(c2ccc(-c3ccc4oc5ccccc5c4c3)cc2)c2cccc3c2Sc2ccccc2C32c3ccccc3-c3ccccc32)cc1. The van der Waals surface area contributed by atoms with Gasteiger partial charge in [0.25, 0.3) is 0 Å². The number of nitrogens with zero attached hydrogens (tertiary/aromatic N) is 1. The second-order valence-corrected chi connectivity index (χ2v) is 14.7. The van der Waals surface area contributed by atoms with Crippen LogP contribution in [0.4, 0.5) is 17.1 Å². The number of benzene rings is 8. The molecule has 52 heavy (non-hydrogen) atoms. The molecule has 1 spiro atoms. The molecule has 11 rings (SSSR count). The Kier molecular flexibility index (Phi) is 6.43. The van der Waals surface area contributed by atoms with Crippen LogP contribution in [-0.4, -0.2) is 0 Å². The van der Waals surface area contributed by atoms with Gasteiger partial charge in [-0.25, -0.2) is 0 Å². The molecule has 1 aliphatic carbocycles. The van der Waals surface area contributed by atoms with Gasteiger partial charge in [-0.05, 0) is 99.1 Å². The highest BCUT2D eigenvalue weighted by atomic mass is 32.2. The monoisotopic (exact) mass is 681 g/mol. The molecular weight excluding hydrogens is 651 g/mol. The van der Waals surface area contributed by atoms with E-state index in [4.69, 9.17) is 4.42 Å². The fraction of sp³-hybridized carbons (Fsp3) is 0.0204. The summed E-state index contributed by atoms with van der Waals surface area (Å²) in [7, 11) is 0. The van der Waals surface area contributed by atoms with Gasteiger partial charge in [0.2, 0.25) is 0 Å². The molecule has 0 radical (unpaired) electrons. The summed E-state index contributed by atoms with van der Waals surface area (Å²) in [6.07, 6.45) is 0. The lowest BCUT2D eigenvalue weighted by Gasteiger charge is -2.41. The molecule has 0 saturated heterocycles. The minimum atomic E-state index is -0.428. The van der Waals surface area contributed by atoms with E-state index in [1.54, 1.807) is 0 Å². The van der Waals surface area contributed by atoms with Crippen LogP contribution < -0.4 is 4.90 Å². The Morgan fingerprint density at radius 3 is 1.81 bits per heavy atom. The van der Waals surface area contributed by atoms with E-state index in [-0.39, 0.29) is 0 Å². The Bertz CT molecular complexity index is 2790. The molecule has 0 fully saturated rings. The third-order valence-corrected chi connectivity index (χ3v) is 12.2. The smallest absolute Gasteiger partial charge is 0.135 e. The second-order valence-electron chi connectivity index (χ2n) is 13.6. The molecule has 9 aromatic rings. The van der Waals surface area contributed by atoms with Crippen LogP contribution in [0.1, 0.15) is 22.3 Å². The number of para-hydroxylation sites is 2. The van der Waals surface area contributed by atoms with E-state index in [1.165, 1.54) is 60.0 Å². The third kappa shape index (κ3) is 4.14. The van der Waals surface area contributed by atoms with Crippen molar-refractivity contribution in [3.8, 4) is 22.3 Å². The van der Waals surface area contributed by atoms with Crippen molar-refractivity contribution in [3.05, 3.63) is 210 Å². The van der Waals surface area contributed by atoms with Gasteiger partial charge in [-0.1, -0.05) is 145 Å². The topological polar surface area (TPSA) is 16.4 Å². The summed E-state index contributed by atoms with van der Waals surface area (Å²) >= 11 is 1.89. The van der Waals surface area contributed by atoms with E-state index in [1.807, 2.05) is 23.9 Å². The maximum absolute atomic E-state index is 6.12. The zero-order valence-corrected chi connectivity index (χ0v) is 29.0. The minimum Gasteiger partial charge on any atom is -0.456 e. The van der Waals surface area contributed by atoms with Gasteiger partial charge >= 0.3 is 0 Å². The fourth-order valence-electron chi connectivity index (χ4n) is 8.75. The first kappa shape index (κ1) is 29.4. The normalized spacial score (nSPS) is 13.5. The van der Waals surface area contributed by atoms with Gasteiger partial charge in [-0.3, -0.25) is 0 Å². The van der Waals surface area contributed by atoms with Crippen LogP contribution in [0.15, 0.2) is 202 Å².